The maximum Gasteiger partial charge on any atom is 0.261 e. The zero-order valence-electron chi connectivity index (χ0n) is 15.8. The summed E-state index contributed by atoms with van der Waals surface area (Å²) in [5, 5.41) is 6.98. The van der Waals surface area contributed by atoms with Gasteiger partial charge in [0.2, 0.25) is 5.91 Å². The van der Waals surface area contributed by atoms with Crippen LogP contribution in [0.1, 0.15) is 45.7 Å². The molecule has 1 N–H and O–H groups in total. The van der Waals surface area contributed by atoms with E-state index in [0.717, 1.165) is 16.2 Å². The van der Waals surface area contributed by atoms with Gasteiger partial charge >= 0.3 is 0 Å². The van der Waals surface area contributed by atoms with Crippen LogP contribution < -0.4 is 5.32 Å². The molecule has 0 spiro atoms. The van der Waals surface area contributed by atoms with Crippen LogP contribution in [-0.2, 0) is 4.79 Å². The Labute approximate surface area is 167 Å². The van der Waals surface area contributed by atoms with E-state index in [4.69, 9.17) is 0 Å². The van der Waals surface area contributed by atoms with Crippen molar-refractivity contribution in [1.29, 1.82) is 0 Å². The summed E-state index contributed by atoms with van der Waals surface area (Å²) in [6, 6.07) is 14.1. The van der Waals surface area contributed by atoms with E-state index in [1.165, 1.54) is 6.33 Å². The number of fused-ring (bicyclic) bond motifs is 1. The predicted molar refractivity (Wildman–Crippen MR) is 104 cm³/mol. The van der Waals surface area contributed by atoms with Crippen LogP contribution in [0.2, 0.25) is 0 Å². The molecule has 1 aromatic heterocycles. The summed E-state index contributed by atoms with van der Waals surface area (Å²) in [5.41, 5.74) is 2.58. The molecule has 0 radical (unpaired) electrons. The van der Waals surface area contributed by atoms with Gasteiger partial charge in [-0.05, 0) is 36.8 Å². The molecular formula is C21H19N5O3. The van der Waals surface area contributed by atoms with Crippen molar-refractivity contribution in [2.45, 2.75) is 19.4 Å². The molecule has 146 valence electrons. The van der Waals surface area contributed by atoms with E-state index in [0.29, 0.717) is 11.1 Å². The van der Waals surface area contributed by atoms with Crippen LogP contribution in [-0.4, -0.2) is 43.9 Å². The lowest BCUT2D eigenvalue weighted by Gasteiger charge is -2.17. The van der Waals surface area contributed by atoms with Crippen LogP contribution in [0.15, 0.2) is 61.2 Å². The average molecular weight is 389 g/mol. The predicted octanol–water partition coefficient (Wildman–Crippen LogP) is 2.13. The number of amides is 3. The lowest BCUT2D eigenvalue weighted by Crippen LogP contribution is -2.35. The van der Waals surface area contributed by atoms with Crippen molar-refractivity contribution in [1.82, 2.24) is 25.0 Å². The van der Waals surface area contributed by atoms with Crippen LogP contribution in [0, 0.1) is 0 Å². The summed E-state index contributed by atoms with van der Waals surface area (Å²) in [5.74, 6) is -0.931. The Morgan fingerprint density at radius 3 is 2.28 bits per heavy atom. The van der Waals surface area contributed by atoms with Crippen molar-refractivity contribution in [2.75, 3.05) is 6.54 Å². The largest absolute Gasteiger partial charge is 0.350 e. The highest BCUT2D eigenvalue weighted by atomic mass is 16.2. The van der Waals surface area contributed by atoms with Gasteiger partial charge in [-0.15, -0.1) is 0 Å². The minimum Gasteiger partial charge on any atom is -0.350 e. The smallest absolute Gasteiger partial charge is 0.261 e. The Kier molecular flexibility index (Phi) is 4.90. The van der Waals surface area contributed by atoms with Crippen molar-refractivity contribution in [3.05, 3.63) is 77.9 Å². The van der Waals surface area contributed by atoms with Gasteiger partial charge in [0, 0.05) is 13.0 Å². The van der Waals surface area contributed by atoms with Gasteiger partial charge in [-0.2, -0.15) is 5.10 Å². The first-order valence-electron chi connectivity index (χ1n) is 9.24. The number of rotatable bonds is 6. The standard InChI is InChI=1S/C21H19N5O3/c1-14(15-6-8-16(9-7-15)26-13-22-12-23-26)24-19(27)10-11-25-20(28)17-4-2-3-5-18(17)21(25)29/h2-9,12-14H,10-11H2,1H3,(H,24,27)/t14-/m1/s1. The molecular weight excluding hydrogens is 370 g/mol. The van der Waals surface area contributed by atoms with Crippen molar-refractivity contribution in [3.63, 3.8) is 0 Å². The third kappa shape index (κ3) is 3.64. The van der Waals surface area contributed by atoms with Gasteiger partial charge in [-0.25, -0.2) is 9.67 Å². The third-order valence-corrected chi connectivity index (χ3v) is 4.89. The SMILES string of the molecule is C[C@@H](NC(=O)CCN1C(=O)c2ccccc2C1=O)c1ccc(-n2cncn2)cc1. The number of benzene rings is 2. The molecule has 2 aromatic carbocycles. The number of imide groups is 1. The fraction of sp³-hybridized carbons (Fsp3) is 0.190. The number of carbonyl (C=O) groups is 3. The van der Waals surface area contributed by atoms with Gasteiger partial charge in [0.05, 0.1) is 22.9 Å². The van der Waals surface area contributed by atoms with E-state index in [2.05, 4.69) is 15.4 Å². The number of hydrogen-bond acceptors (Lipinski definition) is 5. The van der Waals surface area contributed by atoms with Crippen molar-refractivity contribution >= 4 is 17.7 Å². The summed E-state index contributed by atoms with van der Waals surface area (Å²) >= 11 is 0. The quantitative estimate of drug-likeness (QED) is 0.652. The highest BCUT2D eigenvalue weighted by molar-refractivity contribution is 6.21. The minimum atomic E-state index is -0.352. The first-order valence-corrected chi connectivity index (χ1v) is 9.24. The van der Waals surface area contributed by atoms with E-state index in [1.54, 1.807) is 35.3 Å². The van der Waals surface area contributed by atoms with Gasteiger partial charge in [0.1, 0.15) is 12.7 Å². The van der Waals surface area contributed by atoms with Gasteiger partial charge in [-0.3, -0.25) is 19.3 Å². The number of nitrogens with one attached hydrogen (secondary N) is 1. The Morgan fingerprint density at radius 1 is 1.03 bits per heavy atom. The number of aromatic nitrogens is 3. The number of carbonyl (C=O) groups excluding carboxylic acids is 3. The normalized spacial score (nSPS) is 14.0. The van der Waals surface area contributed by atoms with Crippen LogP contribution in [0.3, 0.4) is 0 Å². The molecule has 0 aliphatic carbocycles. The van der Waals surface area contributed by atoms with Gasteiger partial charge in [0.15, 0.2) is 0 Å². The molecule has 0 saturated heterocycles. The maximum atomic E-state index is 12.4. The summed E-state index contributed by atoms with van der Waals surface area (Å²) in [4.78, 5) is 42.1. The third-order valence-electron chi connectivity index (χ3n) is 4.89. The summed E-state index contributed by atoms with van der Waals surface area (Å²) in [6.07, 6.45) is 3.12. The van der Waals surface area contributed by atoms with E-state index in [9.17, 15) is 14.4 Å². The molecule has 0 saturated carbocycles. The van der Waals surface area contributed by atoms with Gasteiger partial charge in [0.25, 0.3) is 11.8 Å². The van der Waals surface area contributed by atoms with E-state index in [-0.39, 0.29) is 36.7 Å². The van der Waals surface area contributed by atoms with Gasteiger partial charge < -0.3 is 5.32 Å². The van der Waals surface area contributed by atoms with Gasteiger partial charge in [-0.1, -0.05) is 24.3 Å². The highest BCUT2D eigenvalue weighted by Crippen LogP contribution is 2.22. The number of hydrogen-bond donors (Lipinski definition) is 1. The van der Waals surface area contributed by atoms with E-state index in [1.807, 2.05) is 31.2 Å². The lowest BCUT2D eigenvalue weighted by atomic mass is 10.1. The van der Waals surface area contributed by atoms with Crippen LogP contribution >= 0.6 is 0 Å². The molecule has 0 fully saturated rings. The fourth-order valence-electron chi connectivity index (χ4n) is 3.31. The van der Waals surface area contributed by atoms with Crippen molar-refractivity contribution in [2.24, 2.45) is 0 Å². The molecule has 0 unspecified atom stereocenters. The van der Waals surface area contributed by atoms with Crippen molar-refractivity contribution < 1.29 is 14.4 Å². The molecule has 0 bridgehead atoms. The number of nitrogens with zero attached hydrogens (tertiary/aromatic N) is 4. The molecule has 8 heteroatoms. The molecule has 3 amide bonds. The topological polar surface area (TPSA) is 97.2 Å². The first-order chi connectivity index (χ1) is 14.0. The van der Waals surface area contributed by atoms with Crippen LogP contribution in [0.4, 0.5) is 0 Å². The van der Waals surface area contributed by atoms with Crippen LogP contribution in [0.5, 0.6) is 0 Å². The maximum absolute atomic E-state index is 12.4. The molecule has 8 nitrogen and oxygen atoms in total. The molecule has 1 aliphatic rings. The Bertz CT molecular complexity index is 1030. The highest BCUT2D eigenvalue weighted by Gasteiger charge is 2.35. The van der Waals surface area contributed by atoms with E-state index < -0.39 is 0 Å². The Balaban J connectivity index is 1.33. The lowest BCUT2D eigenvalue weighted by molar-refractivity contribution is -0.121. The molecule has 1 aliphatic heterocycles. The first kappa shape index (κ1) is 18.5. The zero-order chi connectivity index (χ0) is 20.4. The molecule has 4 rings (SSSR count). The zero-order valence-corrected chi connectivity index (χ0v) is 15.8. The molecule has 2 heterocycles. The summed E-state index contributed by atoms with van der Waals surface area (Å²) in [7, 11) is 0. The molecule has 1 atom stereocenters. The monoisotopic (exact) mass is 389 g/mol. The second kappa shape index (κ2) is 7.67. The minimum absolute atomic E-state index is 0.0485. The second-order valence-corrected chi connectivity index (χ2v) is 6.78. The van der Waals surface area contributed by atoms with Crippen molar-refractivity contribution in [3.8, 4) is 5.69 Å². The Hall–Kier alpha value is -3.81. The summed E-state index contributed by atoms with van der Waals surface area (Å²) in [6.45, 7) is 1.93. The Morgan fingerprint density at radius 2 is 1.69 bits per heavy atom. The van der Waals surface area contributed by atoms with Crippen LogP contribution in [0.25, 0.3) is 5.69 Å². The molecule has 29 heavy (non-hydrogen) atoms. The fourth-order valence-corrected chi connectivity index (χ4v) is 3.31. The van der Waals surface area contributed by atoms with E-state index >= 15 is 0 Å². The average Bonchev–Trinajstić information content (AvgIpc) is 3.35. The second-order valence-electron chi connectivity index (χ2n) is 6.78. The summed E-state index contributed by atoms with van der Waals surface area (Å²) < 4.78 is 1.65. The molecule has 3 aromatic rings.